The average Bonchev–Trinajstić information content (AvgIpc) is 3.45. The van der Waals surface area contributed by atoms with Crippen LogP contribution in [0.15, 0.2) is 42.7 Å². The van der Waals surface area contributed by atoms with E-state index in [0.29, 0.717) is 29.3 Å². The minimum atomic E-state index is 0.184. The molecule has 0 spiro atoms. The summed E-state index contributed by atoms with van der Waals surface area (Å²) in [4.78, 5) is 2.25. The Kier molecular flexibility index (Phi) is 3.82. The summed E-state index contributed by atoms with van der Waals surface area (Å²) in [5.74, 6) is 1.76. The fourth-order valence-corrected chi connectivity index (χ4v) is 4.44. The predicted molar refractivity (Wildman–Crippen MR) is 103 cm³/mol. The van der Waals surface area contributed by atoms with Crippen molar-refractivity contribution in [3.63, 3.8) is 0 Å². The van der Waals surface area contributed by atoms with Gasteiger partial charge in [0.05, 0.1) is 11.9 Å². The van der Waals surface area contributed by atoms with Crippen LogP contribution in [0.5, 0.6) is 5.75 Å². The Balaban J connectivity index is 1.37. The lowest BCUT2D eigenvalue weighted by molar-refractivity contribution is 0.422. The molecule has 7 nitrogen and oxygen atoms in total. The lowest BCUT2D eigenvalue weighted by Gasteiger charge is -2.32. The second-order valence-corrected chi connectivity index (χ2v) is 7.51. The van der Waals surface area contributed by atoms with E-state index in [1.807, 2.05) is 24.3 Å². The molecular weight excluding hydrogens is 340 g/mol. The Labute approximate surface area is 157 Å². The minimum absolute atomic E-state index is 0.184. The molecule has 2 bridgehead atoms. The number of rotatable bonds is 4. The Bertz CT molecular complexity index is 940. The molecule has 3 atom stereocenters. The number of fused-ring (bicyclic) bond motifs is 2. The standard InChI is InChI=1S/C20H22N6O/c1-26(18-8-15-6-13(18)9-21-15)20-5-4-17(24-25-20)16-3-2-12(7-19(16)27)14-10-22-23-11-14/h2-5,7,10-11,13,15,18,21,27H,6,8-9H2,1H3,(H,22,23)/t13-,15-,18+/m1/s1. The molecule has 2 aliphatic rings. The number of hydrogen-bond acceptors (Lipinski definition) is 6. The van der Waals surface area contributed by atoms with E-state index in [4.69, 9.17) is 0 Å². The number of nitrogens with zero attached hydrogens (tertiary/aromatic N) is 4. The maximum atomic E-state index is 10.5. The van der Waals surface area contributed by atoms with Crippen molar-refractivity contribution in [1.29, 1.82) is 0 Å². The van der Waals surface area contributed by atoms with Crippen LogP contribution in [0.1, 0.15) is 12.8 Å². The first-order chi connectivity index (χ1) is 13.2. The number of aromatic hydroxyl groups is 1. The van der Waals surface area contributed by atoms with Gasteiger partial charge in [0.1, 0.15) is 5.75 Å². The Morgan fingerprint density at radius 1 is 1.11 bits per heavy atom. The first-order valence-corrected chi connectivity index (χ1v) is 9.31. The molecule has 1 aromatic carbocycles. The van der Waals surface area contributed by atoms with Gasteiger partial charge in [0.2, 0.25) is 0 Å². The molecule has 1 saturated carbocycles. The van der Waals surface area contributed by atoms with Gasteiger partial charge in [-0.25, -0.2) is 0 Å². The zero-order valence-corrected chi connectivity index (χ0v) is 15.1. The topological polar surface area (TPSA) is 90.0 Å². The highest BCUT2D eigenvalue weighted by molar-refractivity contribution is 5.73. The Morgan fingerprint density at radius 3 is 2.67 bits per heavy atom. The largest absolute Gasteiger partial charge is 0.507 e. The van der Waals surface area contributed by atoms with Crippen molar-refractivity contribution in [3.8, 4) is 28.1 Å². The van der Waals surface area contributed by atoms with Crippen molar-refractivity contribution in [3.05, 3.63) is 42.7 Å². The van der Waals surface area contributed by atoms with Crippen LogP contribution < -0.4 is 10.2 Å². The minimum Gasteiger partial charge on any atom is -0.507 e. The molecule has 3 heterocycles. The fourth-order valence-electron chi connectivity index (χ4n) is 4.44. The lowest BCUT2D eigenvalue weighted by atomic mass is 10.0. The van der Waals surface area contributed by atoms with E-state index in [1.54, 1.807) is 18.5 Å². The second-order valence-electron chi connectivity index (χ2n) is 7.51. The van der Waals surface area contributed by atoms with Crippen molar-refractivity contribution in [2.45, 2.75) is 24.9 Å². The molecule has 2 fully saturated rings. The second kappa shape index (κ2) is 6.35. The maximum absolute atomic E-state index is 10.5. The highest BCUT2D eigenvalue weighted by Crippen LogP contribution is 2.36. The quantitative estimate of drug-likeness (QED) is 0.660. The Hall–Kier alpha value is -2.93. The number of aromatic amines is 1. The summed E-state index contributed by atoms with van der Waals surface area (Å²) in [5.41, 5.74) is 3.17. The summed E-state index contributed by atoms with van der Waals surface area (Å²) in [7, 11) is 2.10. The first-order valence-electron chi connectivity index (χ1n) is 9.31. The average molecular weight is 362 g/mol. The summed E-state index contributed by atoms with van der Waals surface area (Å²) in [6.45, 7) is 1.10. The van der Waals surface area contributed by atoms with Crippen molar-refractivity contribution in [1.82, 2.24) is 25.7 Å². The van der Waals surface area contributed by atoms with Gasteiger partial charge in [0.25, 0.3) is 0 Å². The zero-order valence-electron chi connectivity index (χ0n) is 15.1. The number of H-pyrrole nitrogens is 1. The van der Waals surface area contributed by atoms with Crippen molar-refractivity contribution in [2.75, 3.05) is 18.5 Å². The van der Waals surface area contributed by atoms with Gasteiger partial charge in [-0.3, -0.25) is 5.10 Å². The van der Waals surface area contributed by atoms with E-state index in [-0.39, 0.29) is 5.75 Å². The van der Waals surface area contributed by atoms with E-state index in [1.165, 1.54) is 12.8 Å². The third-order valence-corrected chi connectivity index (χ3v) is 5.94. The highest BCUT2D eigenvalue weighted by Gasteiger charge is 2.41. The molecule has 3 N–H and O–H groups in total. The van der Waals surface area contributed by atoms with Crippen LogP contribution >= 0.6 is 0 Å². The number of aromatic nitrogens is 4. The fraction of sp³-hybridized carbons (Fsp3) is 0.350. The zero-order chi connectivity index (χ0) is 18.4. The van der Waals surface area contributed by atoms with Crippen LogP contribution in [0.3, 0.4) is 0 Å². The van der Waals surface area contributed by atoms with Gasteiger partial charge in [0.15, 0.2) is 5.82 Å². The number of phenols is 1. The van der Waals surface area contributed by atoms with Crippen LogP contribution in [0.25, 0.3) is 22.4 Å². The van der Waals surface area contributed by atoms with Crippen LogP contribution in [-0.4, -0.2) is 51.2 Å². The summed E-state index contributed by atoms with van der Waals surface area (Å²) in [6, 6.07) is 10.6. The summed E-state index contributed by atoms with van der Waals surface area (Å²) in [6.07, 6.45) is 5.95. The number of benzene rings is 1. The first kappa shape index (κ1) is 16.3. The number of anilines is 1. The third kappa shape index (κ3) is 2.84. The summed E-state index contributed by atoms with van der Waals surface area (Å²) < 4.78 is 0. The van der Waals surface area contributed by atoms with E-state index in [9.17, 15) is 5.11 Å². The van der Waals surface area contributed by atoms with Gasteiger partial charge in [-0.15, -0.1) is 10.2 Å². The van der Waals surface area contributed by atoms with Crippen molar-refractivity contribution in [2.24, 2.45) is 5.92 Å². The van der Waals surface area contributed by atoms with E-state index in [2.05, 4.69) is 37.7 Å². The van der Waals surface area contributed by atoms with Gasteiger partial charge >= 0.3 is 0 Å². The van der Waals surface area contributed by atoms with Gasteiger partial charge in [-0.1, -0.05) is 6.07 Å². The van der Waals surface area contributed by atoms with E-state index < -0.39 is 0 Å². The third-order valence-electron chi connectivity index (χ3n) is 5.94. The van der Waals surface area contributed by atoms with Crippen LogP contribution in [0.4, 0.5) is 5.82 Å². The predicted octanol–water partition coefficient (Wildman–Crippen LogP) is 2.43. The monoisotopic (exact) mass is 362 g/mol. The molecule has 0 amide bonds. The molecule has 1 aliphatic heterocycles. The van der Waals surface area contributed by atoms with E-state index in [0.717, 1.165) is 23.5 Å². The number of nitrogens with one attached hydrogen (secondary N) is 2. The molecule has 1 saturated heterocycles. The van der Waals surface area contributed by atoms with Crippen molar-refractivity contribution < 1.29 is 5.11 Å². The molecular formula is C20H22N6O. The van der Waals surface area contributed by atoms with Crippen molar-refractivity contribution >= 4 is 5.82 Å². The van der Waals surface area contributed by atoms with E-state index >= 15 is 0 Å². The molecule has 7 heteroatoms. The van der Waals surface area contributed by atoms with Crippen LogP contribution in [0.2, 0.25) is 0 Å². The van der Waals surface area contributed by atoms with Gasteiger partial charge in [-0.2, -0.15) is 5.10 Å². The molecule has 138 valence electrons. The van der Waals surface area contributed by atoms with Gasteiger partial charge in [0, 0.05) is 43.0 Å². The SMILES string of the molecule is CN(c1ccc(-c2ccc(-c3cn[nH]c3)cc2O)nn1)[C@H]1C[C@H]2C[C@@H]1CN2. The molecule has 27 heavy (non-hydrogen) atoms. The van der Waals surface area contributed by atoms with Crippen LogP contribution in [0, 0.1) is 5.92 Å². The molecule has 1 aliphatic carbocycles. The lowest BCUT2D eigenvalue weighted by Crippen LogP contribution is -2.43. The smallest absolute Gasteiger partial charge is 0.151 e. The van der Waals surface area contributed by atoms with Gasteiger partial charge < -0.3 is 15.3 Å². The molecule has 2 aromatic heterocycles. The molecule has 5 rings (SSSR count). The normalized spacial score (nSPS) is 23.7. The number of phenolic OH excluding ortho intramolecular Hbond substituents is 1. The molecule has 0 unspecified atom stereocenters. The highest BCUT2D eigenvalue weighted by atomic mass is 16.3. The molecule has 0 radical (unpaired) electrons. The maximum Gasteiger partial charge on any atom is 0.151 e. The Morgan fingerprint density at radius 2 is 2.04 bits per heavy atom. The number of piperidine rings is 1. The summed E-state index contributed by atoms with van der Waals surface area (Å²) >= 11 is 0. The summed E-state index contributed by atoms with van der Waals surface area (Å²) in [5, 5.41) is 29.5. The van der Waals surface area contributed by atoms with Gasteiger partial charge in [-0.05, 0) is 48.6 Å². The number of hydrogen-bond donors (Lipinski definition) is 3. The molecule has 3 aromatic rings. The van der Waals surface area contributed by atoms with Crippen LogP contribution in [-0.2, 0) is 0 Å².